The van der Waals surface area contributed by atoms with Gasteiger partial charge in [0.25, 0.3) is 0 Å². The van der Waals surface area contributed by atoms with E-state index in [1.54, 1.807) is 0 Å². The van der Waals surface area contributed by atoms with E-state index in [-0.39, 0.29) is 17.5 Å². The summed E-state index contributed by atoms with van der Waals surface area (Å²) in [5.74, 6) is 0.967. The first-order valence-corrected chi connectivity index (χ1v) is 8.41. The fourth-order valence-electron chi connectivity index (χ4n) is 3.32. The van der Waals surface area contributed by atoms with Crippen LogP contribution in [0.2, 0.25) is 0 Å². The summed E-state index contributed by atoms with van der Waals surface area (Å²) in [5, 5.41) is 3.28. The quantitative estimate of drug-likeness (QED) is 0.837. The minimum atomic E-state index is -4.11. The maximum absolute atomic E-state index is 12.3. The number of rotatable bonds is 5. The third kappa shape index (κ3) is 5.22. The molecular formula is C16H22F3NS. The molecule has 1 N–H and O–H groups in total. The lowest BCUT2D eigenvalue weighted by Gasteiger charge is -2.36. The van der Waals surface area contributed by atoms with E-state index in [0.717, 1.165) is 19.3 Å². The highest BCUT2D eigenvalue weighted by Gasteiger charge is 2.32. The van der Waals surface area contributed by atoms with Crippen LogP contribution in [0.5, 0.6) is 0 Å². The largest absolute Gasteiger partial charge is 0.441 e. The Morgan fingerprint density at radius 1 is 1.19 bits per heavy atom. The van der Waals surface area contributed by atoms with Crippen LogP contribution in [0.1, 0.15) is 37.2 Å². The third-order valence-corrected chi connectivity index (χ3v) is 5.15. The lowest BCUT2D eigenvalue weighted by molar-refractivity contribution is -0.0328. The van der Waals surface area contributed by atoms with Crippen LogP contribution in [0.25, 0.3) is 0 Å². The maximum atomic E-state index is 12.3. The molecule has 5 heteroatoms. The molecule has 1 aromatic rings. The normalized spacial score (nSPS) is 26.8. The van der Waals surface area contributed by atoms with Crippen molar-refractivity contribution < 1.29 is 13.2 Å². The monoisotopic (exact) mass is 317 g/mol. The predicted molar refractivity (Wildman–Crippen MR) is 82.5 cm³/mol. The molecule has 2 rings (SSSR count). The summed E-state index contributed by atoms with van der Waals surface area (Å²) < 4.78 is 36.8. The fourth-order valence-corrected chi connectivity index (χ4v) is 3.97. The fraction of sp³-hybridized carbons (Fsp3) is 0.625. The number of halogens is 3. The van der Waals surface area contributed by atoms with Crippen LogP contribution in [0.4, 0.5) is 13.2 Å². The highest BCUT2D eigenvalue weighted by atomic mass is 32.2. The zero-order valence-corrected chi connectivity index (χ0v) is 13.0. The number of benzene rings is 1. The van der Waals surface area contributed by atoms with E-state index in [4.69, 9.17) is 0 Å². The highest BCUT2D eigenvalue weighted by molar-refractivity contribution is 8.00. The molecular weight excluding hydrogens is 295 g/mol. The molecule has 0 amide bonds. The van der Waals surface area contributed by atoms with Crippen LogP contribution in [-0.2, 0) is 0 Å². The summed E-state index contributed by atoms with van der Waals surface area (Å²) in [5.41, 5.74) is -2.79. The second kappa shape index (κ2) is 7.54. The molecule has 3 atom stereocenters. The average molecular weight is 317 g/mol. The van der Waals surface area contributed by atoms with Crippen LogP contribution < -0.4 is 5.32 Å². The SMILES string of the molecule is CNC1CCC(c2ccccc2)CC1CCSC(F)(F)F. The van der Waals surface area contributed by atoms with Crippen molar-refractivity contribution in [1.82, 2.24) is 5.32 Å². The molecule has 1 fully saturated rings. The number of hydrogen-bond donors (Lipinski definition) is 1. The summed E-state index contributed by atoms with van der Waals surface area (Å²) in [6, 6.07) is 10.7. The Labute approximate surface area is 128 Å². The van der Waals surface area contributed by atoms with Gasteiger partial charge in [0, 0.05) is 11.8 Å². The van der Waals surface area contributed by atoms with Crippen LogP contribution >= 0.6 is 11.8 Å². The van der Waals surface area contributed by atoms with Crippen LogP contribution in [0.3, 0.4) is 0 Å². The van der Waals surface area contributed by atoms with E-state index in [0.29, 0.717) is 24.3 Å². The first kappa shape index (κ1) is 16.7. The molecule has 1 aliphatic rings. The van der Waals surface area contributed by atoms with E-state index >= 15 is 0 Å². The minimum absolute atomic E-state index is 0.109. The van der Waals surface area contributed by atoms with Crippen molar-refractivity contribution in [3.63, 3.8) is 0 Å². The second-order valence-corrected chi connectivity index (χ2v) is 6.82. The first-order valence-electron chi connectivity index (χ1n) is 7.42. The van der Waals surface area contributed by atoms with Crippen molar-refractivity contribution in [1.29, 1.82) is 0 Å². The molecule has 1 aromatic carbocycles. The van der Waals surface area contributed by atoms with Crippen molar-refractivity contribution in [3.8, 4) is 0 Å². The molecule has 0 bridgehead atoms. The van der Waals surface area contributed by atoms with E-state index in [1.165, 1.54) is 5.56 Å². The van der Waals surface area contributed by atoms with E-state index in [2.05, 4.69) is 17.4 Å². The Morgan fingerprint density at radius 2 is 1.90 bits per heavy atom. The zero-order chi connectivity index (χ0) is 15.3. The Hall–Kier alpha value is -0.680. The van der Waals surface area contributed by atoms with Gasteiger partial charge in [-0.05, 0) is 50.1 Å². The van der Waals surface area contributed by atoms with Gasteiger partial charge in [-0.1, -0.05) is 42.1 Å². The number of thioether (sulfide) groups is 1. The second-order valence-electron chi connectivity index (χ2n) is 5.66. The molecule has 1 aliphatic carbocycles. The standard InChI is InChI=1S/C16H22F3NS/c1-20-15-8-7-13(12-5-3-2-4-6-12)11-14(15)9-10-21-16(17,18)19/h2-6,13-15,20H,7-11H2,1H3. The summed E-state index contributed by atoms with van der Waals surface area (Å²) in [6.45, 7) is 0. The molecule has 21 heavy (non-hydrogen) atoms. The minimum Gasteiger partial charge on any atom is -0.317 e. The highest BCUT2D eigenvalue weighted by Crippen LogP contribution is 2.39. The lowest BCUT2D eigenvalue weighted by atomic mass is 9.74. The van der Waals surface area contributed by atoms with Crippen molar-refractivity contribution in [2.24, 2.45) is 5.92 Å². The zero-order valence-electron chi connectivity index (χ0n) is 12.2. The van der Waals surface area contributed by atoms with Crippen LogP contribution in [0, 0.1) is 5.92 Å². The molecule has 1 saturated carbocycles. The third-order valence-electron chi connectivity index (χ3n) is 4.38. The molecule has 0 aromatic heterocycles. The Bertz CT molecular complexity index is 421. The Kier molecular flexibility index (Phi) is 5.99. The van der Waals surface area contributed by atoms with Gasteiger partial charge in [-0.25, -0.2) is 0 Å². The van der Waals surface area contributed by atoms with Gasteiger partial charge in [-0.3, -0.25) is 0 Å². The van der Waals surface area contributed by atoms with Crippen molar-refractivity contribution >= 4 is 11.8 Å². The number of alkyl halides is 3. The van der Waals surface area contributed by atoms with Crippen molar-refractivity contribution in [2.75, 3.05) is 12.8 Å². The summed E-state index contributed by atoms with van der Waals surface area (Å²) in [6.07, 6.45) is 3.75. The van der Waals surface area contributed by atoms with Gasteiger partial charge in [-0.2, -0.15) is 13.2 Å². The number of nitrogens with one attached hydrogen (secondary N) is 1. The molecule has 0 heterocycles. The molecule has 118 valence electrons. The molecule has 0 aliphatic heterocycles. The van der Waals surface area contributed by atoms with E-state index in [9.17, 15) is 13.2 Å². The smallest absolute Gasteiger partial charge is 0.317 e. The summed E-state index contributed by atoms with van der Waals surface area (Å²) in [4.78, 5) is 0. The topological polar surface area (TPSA) is 12.0 Å². The Balaban J connectivity index is 1.93. The van der Waals surface area contributed by atoms with Crippen molar-refractivity contribution in [2.45, 2.75) is 43.2 Å². The van der Waals surface area contributed by atoms with Gasteiger partial charge in [0.1, 0.15) is 0 Å². The molecule has 1 nitrogen and oxygen atoms in total. The van der Waals surface area contributed by atoms with E-state index < -0.39 is 5.51 Å². The molecule has 0 spiro atoms. The molecule has 3 unspecified atom stereocenters. The summed E-state index contributed by atoms with van der Waals surface area (Å²) in [7, 11) is 1.91. The van der Waals surface area contributed by atoms with Gasteiger partial charge in [0.05, 0.1) is 0 Å². The van der Waals surface area contributed by atoms with E-state index in [1.807, 2.05) is 25.2 Å². The van der Waals surface area contributed by atoms with Crippen molar-refractivity contribution in [3.05, 3.63) is 35.9 Å². The van der Waals surface area contributed by atoms with Crippen LogP contribution in [0.15, 0.2) is 30.3 Å². The maximum Gasteiger partial charge on any atom is 0.441 e. The predicted octanol–water partition coefficient (Wildman–Crippen LogP) is 4.80. The van der Waals surface area contributed by atoms with Crippen LogP contribution in [-0.4, -0.2) is 24.4 Å². The van der Waals surface area contributed by atoms with Gasteiger partial charge in [0.2, 0.25) is 0 Å². The molecule has 0 saturated heterocycles. The Morgan fingerprint density at radius 3 is 2.52 bits per heavy atom. The van der Waals surface area contributed by atoms with Gasteiger partial charge >= 0.3 is 5.51 Å². The average Bonchev–Trinajstić information content (AvgIpc) is 2.47. The number of hydrogen-bond acceptors (Lipinski definition) is 2. The molecule has 0 radical (unpaired) electrons. The first-order chi connectivity index (χ1) is 9.99. The van der Waals surface area contributed by atoms with Gasteiger partial charge < -0.3 is 5.32 Å². The van der Waals surface area contributed by atoms with Gasteiger partial charge in [0.15, 0.2) is 0 Å². The summed E-state index contributed by atoms with van der Waals surface area (Å²) >= 11 is 0.109. The lowest BCUT2D eigenvalue weighted by Crippen LogP contribution is -2.38. The van der Waals surface area contributed by atoms with Gasteiger partial charge in [-0.15, -0.1) is 0 Å².